The molecule has 0 amide bonds. The number of aliphatic hydroxyl groups excluding tert-OH is 1. The lowest BCUT2D eigenvalue weighted by molar-refractivity contribution is -0.194. The van der Waals surface area contributed by atoms with Gasteiger partial charge >= 0.3 is 5.97 Å². The van der Waals surface area contributed by atoms with Crippen molar-refractivity contribution in [1.82, 2.24) is 0 Å². The number of Topliss-reactive ketones (excluding diaryl/α,β-unsaturated/α-hetero) is 1. The van der Waals surface area contributed by atoms with Crippen LogP contribution in [0.25, 0.3) is 0 Å². The third-order valence-corrected chi connectivity index (χ3v) is 13.2. The van der Waals surface area contributed by atoms with Crippen molar-refractivity contribution in [2.45, 2.75) is 106 Å². The summed E-state index contributed by atoms with van der Waals surface area (Å²) >= 11 is 0. The zero-order valence-corrected chi connectivity index (χ0v) is 22.4. The summed E-state index contributed by atoms with van der Waals surface area (Å²) < 4.78 is 0. The number of carboxylic acids is 1. The molecule has 34 heavy (non-hydrogen) atoms. The van der Waals surface area contributed by atoms with Crippen LogP contribution in [0.3, 0.4) is 0 Å². The summed E-state index contributed by atoms with van der Waals surface area (Å²) in [5.41, 5.74) is 1.24. The molecule has 4 fully saturated rings. The van der Waals surface area contributed by atoms with Gasteiger partial charge in [-0.15, -0.1) is 0 Å². The van der Waals surface area contributed by atoms with E-state index in [-0.39, 0.29) is 38.9 Å². The van der Waals surface area contributed by atoms with Crippen LogP contribution < -0.4 is 0 Å². The van der Waals surface area contributed by atoms with Crippen molar-refractivity contribution in [3.63, 3.8) is 0 Å². The zero-order valence-electron chi connectivity index (χ0n) is 22.4. The van der Waals surface area contributed by atoms with Crippen molar-refractivity contribution in [3.8, 4) is 0 Å². The molecule has 0 bridgehead atoms. The lowest BCUT2D eigenvalue weighted by Crippen LogP contribution is -2.65. The Balaban J connectivity index is 1.60. The van der Waals surface area contributed by atoms with Crippen LogP contribution in [0, 0.1) is 56.7 Å². The second-order valence-electron chi connectivity index (χ2n) is 14.5. The Morgan fingerprint density at radius 1 is 0.971 bits per heavy atom. The molecule has 4 nitrogen and oxygen atoms in total. The molecule has 0 radical (unpaired) electrons. The second kappa shape index (κ2) is 7.20. The summed E-state index contributed by atoms with van der Waals surface area (Å²) in [7, 11) is 0. The number of hydrogen-bond acceptors (Lipinski definition) is 3. The van der Waals surface area contributed by atoms with Gasteiger partial charge in [0.2, 0.25) is 0 Å². The van der Waals surface area contributed by atoms with Crippen molar-refractivity contribution in [2.24, 2.45) is 56.7 Å². The summed E-state index contributed by atoms with van der Waals surface area (Å²) in [5, 5.41) is 21.2. The fraction of sp³-hybridized carbons (Fsp3) is 0.867. The van der Waals surface area contributed by atoms with Crippen LogP contribution in [0.4, 0.5) is 0 Å². The molecule has 0 heterocycles. The molecule has 0 aromatic carbocycles. The van der Waals surface area contributed by atoms with Gasteiger partial charge < -0.3 is 10.2 Å². The monoisotopic (exact) mass is 470 g/mol. The molecule has 0 aromatic rings. The SMILES string of the molecule is C[C@H]1[C@H](C(=O)O)C[C@@H](O)[C@]2(C)CC[C@]3(C)C(=CC[C@@H]4[C@@]5(C)CCC(=O)C(C)(C)[C@@H]5CC[C@]43C)[C@@H]12. The maximum atomic E-state index is 12.9. The van der Waals surface area contributed by atoms with Gasteiger partial charge in [-0.2, -0.15) is 0 Å². The first-order chi connectivity index (χ1) is 15.6. The normalized spacial score (nSPS) is 54.1. The third-order valence-electron chi connectivity index (χ3n) is 13.2. The molecule has 0 saturated heterocycles. The zero-order chi connectivity index (χ0) is 25.1. The summed E-state index contributed by atoms with van der Waals surface area (Å²) in [4.78, 5) is 25.1. The van der Waals surface area contributed by atoms with Crippen molar-refractivity contribution in [2.75, 3.05) is 0 Å². The average Bonchev–Trinajstić information content (AvgIpc) is 2.74. The number of carboxylic acid groups (broad SMARTS) is 1. The highest BCUT2D eigenvalue weighted by Crippen LogP contribution is 2.75. The fourth-order valence-electron chi connectivity index (χ4n) is 10.8. The van der Waals surface area contributed by atoms with Gasteiger partial charge in [0.05, 0.1) is 12.0 Å². The van der Waals surface area contributed by atoms with Gasteiger partial charge in [0.25, 0.3) is 0 Å². The van der Waals surface area contributed by atoms with Crippen molar-refractivity contribution in [3.05, 3.63) is 11.6 Å². The van der Waals surface area contributed by atoms with Gasteiger partial charge in [0, 0.05) is 17.3 Å². The van der Waals surface area contributed by atoms with E-state index in [0.29, 0.717) is 30.5 Å². The van der Waals surface area contributed by atoms with Crippen LogP contribution in [0.5, 0.6) is 0 Å². The van der Waals surface area contributed by atoms with E-state index in [1.807, 2.05) is 0 Å². The predicted octanol–water partition coefficient (Wildman–Crippen LogP) is 6.27. The second-order valence-corrected chi connectivity index (χ2v) is 14.5. The fourth-order valence-corrected chi connectivity index (χ4v) is 10.8. The molecule has 2 N–H and O–H groups in total. The number of allylic oxidation sites excluding steroid dienone is 2. The highest BCUT2D eigenvalue weighted by molar-refractivity contribution is 5.85. The van der Waals surface area contributed by atoms with Gasteiger partial charge in [0.15, 0.2) is 0 Å². The minimum absolute atomic E-state index is 0.00798. The Bertz CT molecular complexity index is 949. The summed E-state index contributed by atoms with van der Waals surface area (Å²) in [6.45, 7) is 16.2. The van der Waals surface area contributed by atoms with Crippen molar-refractivity contribution in [1.29, 1.82) is 0 Å². The largest absolute Gasteiger partial charge is 0.481 e. The van der Waals surface area contributed by atoms with Crippen molar-refractivity contribution >= 4 is 11.8 Å². The molecule has 5 aliphatic rings. The number of carbonyl (C=O) groups is 2. The Morgan fingerprint density at radius 3 is 2.29 bits per heavy atom. The Morgan fingerprint density at radius 2 is 1.65 bits per heavy atom. The van der Waals surface area contributed by atoms with E-state index in [0.717, 1.165) is 38.5 Å². The Kier molecular flexibility index (Phi) is 5.20. The van der Waals surface area contributed by atoms with Crippen LogP contribution in [0.2, 0.25) is 0 Å². The van der Waals surface area contributed by atoms with E-state index in [4.69, 9.17) is 0 Å². The van der Waals surface area contributed by atoms with Gasteiger partial charge in [-0.1, -0.05) is 60.1 Å². The first-order valence-electron chi connectivity index (χ1n) is 13.8. The standard InChI is InChI=1S/C30H46O4/c1-17-18(25(33)34)16-23(32)28(5)14-15-29(6)19(24(17)28)8-9-21-27(4)12-11-22(31)26(2,3)20(27)10-13-30(21,29)7/h8,17-18,20-21,23-24,32H,9-16H2,1-7H3,(H,33,34)/t17-,18+,20-,21+,23+,24+,27-,28-,29+,30+/m0/s1. The smallest absolute Gasteiger partial charge is 0.306 e. The molecular formula is C30H46O4. The number of aliphatic hydroxyl groups is 1. The molecular weight excluding hydrogens is 424 g/mol. The Hall–Kier alpha value is -1.16. The molecule has 5 aliphatic carbocycles. The predicted molar refractivity (Wildman–Crippen MR) is 133 cm³/mol. The van der Waals surface area contributed by atoms with E-state index in [1.165, 1.54) is 5.57 Å². The maximum absolute atomic E-state index is 12.9. The minimum Gasteiger partial charge on any atom is -0.481 e. The third kappa shape index (κ3) is 2.75. The molecule has 0 aromatic heterocycles. The van der Waals surface area contributed by atoms with Crippen LogP contribution in [0.1, 0.15) is 99.8 Å². The summed E-state index contributed by atoms with van der Waals surface area (Å²) in [5.74, 6) is 0.291. The molecule has 0 aliphatic heterocycles. The van der Waals surface area contributed by atoms with Crippen LogP contribution in [-0.2, 0) is 9.59 Å². The van der Waals surface area contributed by atoms with Gasteiger partial charge in [-0.3, -0.25) is 9.59 Å². The number of ketones is 1. The molecule has 5 rings (SSSR count). The molecule has 4 saturated carbocycles. The van der Waals surface area contributed by atoms with E-state index in [1.54, 1.807) is 0 Å². The molecule has 190 valence electrons. The number of carbonyl (C=O) groups excluding carboxylic acids is 1. The molecule has 0 spiro atoms. The molecule has 10 atom stereocenters. The maximum Gasteiger partial charge on any atom is 0.306 e. The molecule has 4 heteroatoms. The topological polar surface area (TPSA) is 74.6 Å². The van der Waals surface area contributed by atoms with E-state index in [9.17, 15) is 19.8 Å². The number of fused-ring (bicyclic) bond motifs is 7. The highest BCUT2D eigenvalue weighted by atomic mass is 16.4. The molecule has 0 unspecified atom stereocenters. The Labute approximate surface area is 206 Å². The van der Waals surface area contributed by atoms with E-state index in [2.05, 4.69) is 54.5 Å². The first-order valence-corrected chi connectivity index (χ1v) is 13.8. The van der Waals surface area contributed by atoms with Gasteiger partial charge in [-0.05, 0) is 84.9 Å². The van der Waals surface area contributed by atoms with Crippen LogP contribution >= 0.6 is 0 Å². The lowest BCUT2D eigenvalue weighted by Gasteiger charge is -2.71. The number of hydrogen-bond donors (Lipinski definition) is 2. The minimum atomic E-state index is -0.761. The van der Waals surface area contributed by atoms with Crippen LogP contribution in [0.15, 0.2) is 11.6 Å². The van der Waals surface area contributed by atoms with Gasteiger partial charge in [-0.25, -0.2) is 0 Å². The summed E-state index contributed by atoms with van der Waals surface area (Å²) in [6, 6.07) is 0. The van der Waals surface area contributed by atoms with Crippen LogP contribution in [-0.4, -0.2) is 28.1 Å². The van der Waals surface area contributed by atoms with Crippen molar-refractivity contribution < 1.29 is 19.8 Å². The summed E-state index contributed by atoms with van der Waals surface area (Å²) in [6.07, 6.45) is 9.26. The highest BCUT2D eigenvalue weighted by Gasteiger charge is 2.69. The van der Waals surface area contributed by atoms with Gasteiger partial charge in [0.1, 0.15) is 5.78 Å². The lowest BCUT2D eigenvalue weighted by atomic mass is 9.33. The number of aliphatic carboxylic acids is 1. The van der Waals surface area contributed by atoms with E-state index >= 15 is 0 Å². The average molecular weight is 471 g/mol. The van der Waals surface area contributed by atoms with E-state index < -0.39 is 18.0 Å². The first kappa shape index (κ1) is 24.5. The quantitative estimate of drug-likeness (QED) is 0.443. The number of rotatable bonds is 1.